The van der Waals surface area contributed by atoms with Crippen molar-refractivity contribution >= 4 is 33.5 Å². The standard InChI is InChI=1S/C17H20BrN5O/c1-12-9-14(3-4-15(12)18)21-17-19-10-13(11-20-17)16(24)23-7-5-22(2)6-8-23/h3-4,9-11H,5-8H2,1-2H3,(H,19,20,21). The number of nitrogens with zero attached hydrogens (tertiary/aromatic N) is 4. The Morgan fingerprint density at radius 3 is 2.46 bits per heavy atom. The number of aryl methyl sites for hydroxylation is 1. The third-order valence-corrected chi connectivity index (χ3v) is 4.99. The number of rotatable bonds is 3. The summed E-state index contributed by atoms with van der Waals surface area (Å²) < 4.78 is 1.06. The van der Waals surface area contributed by atoms with E-state index in [-0.39, 0.29) is 5.91 Å². The molecule has 2 aromatic rings. The van der Waals surface area contributed by atoms with Crippen LogP contribution in [0.3, 0.4) is 0 Å². The molecule has 1 aliphatic heterocycles. The van der Waals surface area contributed by atoms with Crippen molar-refractivity contribution in [2.75, 3.05) is 38.5 Å². The number of hydrogen-bond acceptors (Lipinski definition) is 5. The van der Waals surface area contributed by atoms with Crippen LogP contribution in [0.4, 0.5) is 11.6 Å². The van der Waals surface area contributed by atoms with Gasteiger partial charge in [0.25, 0.3) is 5.91 Å². The molecule has 126 valence electrons. The van der Waals surface area contributed by atoms with E-state index < -0.39 is 0 Å². The number of likely N-dealkylation sites (N-methyl/N-ethyl adjacent to an activating group) is 1. The highest BCUT2D eigenvalue weighted by Crippen LogP contribution is 2.21. The van der Waals surface area contributed by atoms with Gasteiger partial charge in [0.1, 0.15) is 0 Å². The van der Waals surface area contributed by atoms with Gasteiger partial charge >= 0.3 is 0 Å². The van der Waals surface area contributed by atoms with Crippen molar-refractivity contribution in [1.29, 1.82) is 0 Å². The molecule has 1 fully saturated rings. The molecule has 0 aliphatic carbocycles. The van der Waals surface area contributed by atoms with Crippen molar-refractivity contribution in [3.63, 3.8) is 0 Å². The summed E-state index contributed by atoms with van der Waals surface area (Å²) in [5, 5.41) is 3.15. The topological polar surface area (TPSA) is 61.4 Å². The summed E-state index contributed by atoms with van der Waals surface area (Å²) in [5.74, 6) is 0.473. The van der Waals surface area contributed by atoms with E-state index >= 15 is 0 Å². The zero-order chi connectivity index (χ0) is 17.1. The molecule has 1 amide bonds. The molecular formula is C17H20BrN5O. The molecule has 0 spiro atoms. The molecule has 2 heterocycles. The summed E-state index contributed by atoms with van der Waals surface area (Å²) in [4.78, 5) is 25.1. The Morgan fingerprint density at radius 2 is 1.83 bits per heavy atom. The van der Waals surface area contributed by atoms with Crippen LogP contribution in [0.25, 0.3) is 0 Å². The highest BCUT2D eigenvalue weighted by atomic mass is 79.9. The van der Waals surface area contributed by atoms with Crippen molar-refractivity contribution in [3.05, 3.63) is 46.2 Å². The van der Waals surface area contributed by atoms with Gasteiger partial charge in [-0.1, -0.05) is 15.9 Å². The summed E-state index contributed by atoms with van der Waals surface area (Å²) in [6.45, 7) is 5.30. The van der Waals surface area contributed by atoms with Gasteiger partial charge in [-0.25, -0.2) is 9.97 Å². The monoisotopic (exact) mass is 389 g/mol. The fraction of sp³-hybridized carbons (Fsp3) is 0.353. The molecule has 7 heteroatoms. The van der Waals surface area contributed by atoms with Gasteiger partial charge in [0.15, 0.2) is 0 Å². The molecule has 0 bridgehead atoms. The maximum absolute atomic E-state index is 12.5. The fourth-order valence-corrected chi connectivity index (χ4v) is 2.79. The Morgan fingerprint density at radius 1 is 1.17 bits per heavy atom. The van der Waals surface area contributed by atoms with E-state index in [1.165, 1.54) is 0 Å². The number of aromatic nitrogens is 2. The van der Waals surface area contributed by atoms with Gasteiger partial charge in [-0.15, -0.1) is 0 Å². The van der Waals surface area contributed by atoms with Crippen LogP contribution in [0.15, 0.2) is 35.1 Å². The minimum absolute atomic E-state index is 0.00543. The molecular weight excluding hydrogens is 370 g/mol. The van der Waals surface area contributed by atoms with Crippen molar-refractivity contribution in [2.24, 2.45) is 0 Å². The van der Waals surface area contributed by atoms with Crippen molar-refractivity contribution in [1.82, 2.24) is 19.8 Å². The van der Waals surface area contributed by atoms with E-state index in [0.717, 1.165) is 41.9 Å². The second kappa shape index (κ2) is 7.27. The van der Waals surface area contributed by atoms with Crippen LogP contribution in [0, 0.1) is 6.92 Å². The Kier molecular flexibility index (Phi) is 5.11. The predicted molar refractivity (Wildman–Crippen MR) is 97.6 cm³/mol. The SMILES string of the molecule is Cc1cc(Nc2ncc(C(=O)N3CCN(C)CC3)cn2)ccc1Br. The molecule has 1 N–H and O–H groups in total. The number of benzene rings is 1. The number of anilines is 2. The van der Waals surface area contributed by atoms with Crippen LogP contribution in [-0.2, 0) is 0 Å². The Labute approximate surface area is 150 Å². The Hall–Kier alpha value is -1.99. The first kappa shape index (κ1) is 16.9. The first-order valence-electron chi connectivity index (χ1n) is 7.86. The molecule has 6 nitrogen and oxygen atoms in total. The first-order valence-corrected chi connectivity index (χ1v) is 8.65. The number of carbonyl (C=O) groups is 1. The second-order valence-electron chi connectivity index (χ2n) is 5.98. The average molecular weight is 390 g/mol. The quantitative estimate of drug-likeness (QED) is 0.873. The van der Waals surface area contributed by atoms with Gasteiger partial charge in [0, 0.05) is 48.7 Å². The molecule has 1 saturated heterocycles. The number of nitrogens with one attached hydrogen (secondary N) is 1. The van der Waals surface area contributed by atoms with Crippen molar-refractivity contribution < 1.29 is 4.79 Å². The van der Waals surface area contributed by atoms with Gasteiger partial charge in [-0.2, -0.15) is 0 Å². The lowest BCUT2D eigenvalue weighted by molar-refractivity contribution is 0.0663. The summed E-state index contributed by atoms with van der Waals surface area (Å²) in [7, 11) is 2.06. The molecule has 0 radical (unpaired) electrons. The summed E-state index contributed by atoms with van der Waals surface area (Å²) in [5.41, 5.74) is 2.56. The normalized spacial score (nSPS) is 15.4. The smallest absolute Gasteiger partial charge is 0.257 e. The van der Waals surface area contributed by atoms with Crippen molar-refractivity contribution in [2.45, 2.75) is 6.92 Å². The number of hydrogen-bond donors (Lipinski definition) is 1. The zero-order valence-electron chi connectivity index (χ0n) is 13.8. The lowest BCUT2D eigenvalue weighted by Crippen LogP contribution is -2.47. The molecule has 1 aliphatic rings. The van der Waals surface area contributed by atoms with Gasteiger partial charge in [0.05, 0.1) is 5.56 Å². The molecule has 0 saturated carbocycles. The largest absolute Gasteiger partial charge is 0.336 e. The third kappa shape index (κ3) is 3.91. The summed E-state index contributed by atoms with van der Waals surface area (Å²) >= 11 is 3.48. The number of piperazine rings is 1. The van der Waals surface area contributed by atoms with Crippen LogP contribution in [0.2, 0.25) is 0 Å². The zero-order valence-corrected chi connectivity index (χ0v) is 15.4. The fourth-order valence-electron chi connectivity index (χ4n) is 2.55. The summed E-state index contributed by atoms with van der Waals surface area (Å²) in [6.07, 6.45) is 3.17. The molecule has 1 aromatic heterocycles. The van der Waals surface area contributed by atoms with E-state index in [1.54, 1.807) is 12.4 Å². The van der Waals surface area contributed by atoms with Crippen LogP contribution < -0.4 is 5.32 Å². The van der Waals surface area contributed by atoms with Crippen LogP contribution in [-0.4, -0.2) is 58.9 Å². The lowest BCUT2D eigenvalue weighted by Gasteiger charge is -2.32. The highest BCUT2D eigenvalue weighted by Gasteiger charge is 2.20. The maximum atomic E-state index is 12.5. The van der Waals surface area contributed by atoms with E-state index in [0.29, 0.717) is 11.5 Å². The van der Waals surface area contributed by atoms with E-state index in [1.807, 2.05) is 30.0 Å². The molecule has 0 atom stereocenters. The lowest BCUT2D eigenvalue weighted by atomic mass is 10.2. The van der Waals surface area contributed by atoms with Crippen LogP contribution in [0.5, 0.6) is 0 Å². The Balaban J connectivity index is 1.66. The molecule has 3 rings (SSSR count). The minimum Gasteiger partial charge on any atom is -0.336 e. The minimum atomic E-state index is -0.00543. The van der Waals surface area contributed by atoms with Gasteiger partial charge in [0.2, 0.25) is 5.95 Å². The number of halogens is 1. The maximum Gasteiger partial charge on any atom is 0.257 e. The Bertz CT molecular complexity index is 726. The van der Waals surface area contributed by atoms with Crippen LogP contribution in [0.1, 0.15) is 15.9 Å². The number of carbonyl (C=O) groups excluding carboxylic acids is 1. The number of amides is 1. The van der Waals surface area contributed by atoms with Crippen molar-refractivity contribution in [3.8, 4) is 0 Å². The third-order valence-electron chi connectivity index (χ3n) is 4.10. The predicted octanol–water partition coefficient (Wildman–Crippen LogP) is 2.68. The van der Waals surface area contributed by atoms with Crippen LogP contribution >= 0.6 is 15.9 Å². The van der Waals surface area contributed by atoms with Gasteiger partial charge in [-0.3, -0.25) is 4.79 Å². The molecule has 1 aromatic carbocycles. The van der Waals surface area contributed by atoms with E-state index in [2.05, 4.69) is 43.2 Å². The highest BCUT2D eigenvalue weighted by molar-refractivity contribution is 9.10. The van der Waals surface area contributed by atoms with Gasteiger partial charge in [-0.05, 0) is 37.7 Å². The molecule has 0 unspecified atom stereocenters. The molecule has 24 heavy (non-hydrogen) atoms. The first-order chi connectivity index (χ1) is 11.5. The second-order valence-corrected chi connectivity index (χ2v) is 6.83. The van der Waals surface area contributed by atoms with E-state index in [4.69, 9.17) is 0 Å². The summed E-state index contributed by atoms with van der Waals surface area (Å²) in [6, 6.07) is 5.93. The average Bonchev–Trinajstić information content (AvgIpc) is 2.59. The van der Waals surface area contributed by atoms with E-state index in [9.17, 15) is 4.79 Å². The van der Waals surface area contributed by atoms with Gasteiger partial charge < -0.3 is 15.1 Å².